The molecule has 3 rings (SSSR count). The van der Waals surface area contributed by atoms with Gasteiger partial charge in [-0.1, -0.05) is 0 Å². The molecule has 1 aromatic rings. The number of alkyl halides is 2. The SMILES string of the molecule is N#Cc1ccnc(N2CCC(C(=O)N3CCC(F)(F)CC3)C2)c1. The molecule has 0 bridgehead atoms. The molecule has 2 aliphatic rings. The number of hydrogen-bond donors (Lipinski definition) is 0. The van der Waals surface area contributed by atoms with Crippen LogP contribution < -0.4 is 4.90 Å². The third-order valence-corrected chi connectivity index (χ3v) is 4.54. The highest BCUT2D eigenvalue weighted by atomic mass is 19.3. The van der Waals surface area contributed by atoms with Gasteiger partial charge in [-0.05, 0) is 18.6 Å². The topological polar surface area (TPSA) is 60.2 Å². The highest BCUT2D eigenvalue weighted by Gasteiger charge is 2.38. The third kappa shape index (κ3) is 3.41. The molecule has 0 spiro atoms. The maximum Gasteiger partial charge on any atom is 0.251 e. The summed E-state index contributed by atoms with van der Waals surface area (Å²) in [4.78, 5) is 20.3. The average molecular weight is 320 g/mol. The number of nitrogens with zero attached hydrogens (tertiary/aromatic N) is 4. The van der Waals surface area contributed by atoms with Crippen molar-refractivity contribution in [2.75, 3.05) is 31.1 Å². The molecule has 0 radical (unpaired) electrons. The van der Waals surface area contributed by atoms with Crippen molar-refractivity contribution in [2.24, 2.45) is 5.92 Å². The van der Waals surface area contributed by atoms with E-state index in [2.05, 4.69) is 11.1 Å². The zero-order valence-corrected chi connectivity index (χ0v) is 12.7. The average Bonchev–Trinajstić information content (AvgIpc) is 3.04. The van der Waals surface area contributed by atoms with Crippen LogP contribution in [0.25, 0.3) is 0 Å². The zero-order valence-electron chi connectivity index (χ0n) is 12.7. The molecule has 1 amide bonds. The van der Waals surface area contributed by atoms with Crippen molar-refractivity contribution >= 4 is 11.7 Å². The van der Waals surface area contributed by atoms with E-state index in [4.69, 9.17) is 5.26 Å². The Kier molecular flexibility index (Phi) is 4.16. The van der Waals surface area contributed by atoms with Gasteiger partial charge in [0.1, 0.15) is 5.82 Å². The molecule has 7 heteroatoms. The molecule has 0 N–H and O–H groups in total. The molecule has 1 unspecified atom stereocenters. The lowest BCUT2D eigenvalue weighted by Gasteiger charge is -2.33. The Hall–Kier alpha value is -2.23. The second-order valence-corrected chi connectivity index (χ2v) is 6.13. The van der Waals surface area contributed by atoms with E-state index in [-0.39, 0.29) is 37.8 Å². The molecule has 23 heavy (non-hydrogen) atoms. The van der Waals surface area contributed by atoms with Crippen LogP contribution in [0.15, 0.2) is 18.3 Å². The molecule has 1 atom stereocenters. The van der Waals surface area contributed by atoms with Crippen LogP contribution >= 0.6 is 0 Å². The van der Waals surface area contributed by atoms with E-state index in [1.54, 1.807) is 23.2 Å². The fraction of sp³-hybridized carbons (Fsp3) is 0.562. The first-order valence-corrected chi connectivity index (χ1v) is 7.76. The number of aromatic nitrogens is 1. The Morgan fingerprint density at radius 3 is 2.78 bits per heavy atom. The molecule has 122 valence electrons. The van der Waals surface area contributed by atoms with Gasteiger partial charge in [-0.2, -0.15) is 5.26 Å². The molecular formula is C16H18F2N4O. The minimum absolute atomic E-state index is 0.0422. The van der Waals surface area contributed by atoms with Gasteiger partial charge in [-0.3, -0.25) is 4.79 Å². The van der Waals surface area contributed by atoms with Crippen LogP contribution in [0.3, 0.4) is 0 Å². The highest BCUT2D eigenvalue weighted by molar-refractivity contribution is 5.80. The van der Waals surface area contributed by atoms with E-state index in [0.29, 0.717) is 30.9 Å². The number of hydrogen-bond acceptors (Lipinski definition) is 4. The van der Waals surface area contributed by atoms with Crippen LogP contribution in [-0.2, 0) is 4.79 Å². The number of nitriles is 1. The lowest BCUT2D eigenvalue weighted by Crippen LogP contribution is -2.45. The van der Waals surface area contributed by atoms with Gasteiger partial charge in [0.05, 0.1) is 17.6 Å². The van der Waals surface area contributed by atoms with Gasteiger partial charge < -0.3 is 9.80 Å². The molecule has 2 fully saturated rings. The maximum atomic E-state index is 13.2. The smallest absolute Gasteiger partial charge is 0.251 e. The molecule has 0 aromatic carbocycles. The normalized spacial score (nSPS) is 23.6. The molecule has 2 aliphatic heterocycles. The number of carbonyl (C=O) groups is 1. The van der Waals surface area contributed by atoms with Crippen molar-refractivity contribution in [2.45, 2.75) is 25.2 Å². The number of halogens is 2. The number of rotatable bonds is 2. The van der Waals surface area contributed by atoms with E-state index >= 15 is 0 Å². The summed E-state index contributed by atoms with van der Waals surface area (Å²) < 4.78 is 26.4. The predicted octanol–water partition coefficient (Wildman–Crippen LogP) is 2.04. The second kappa shape index (κ2) is 6.11. The molecule has 0 aliphatic carbocycles. The van der Waals surface area contributed by atoms with E-state index < -0.39 is 5.92 Å². The number of likely N-dealkylation sites (tertiary alicyclic amines) is 1. The molecule has 0 saturated carbocycles. The Bertz CT molecular complexity index is 633. The van der Waals surface area contributed by atoms with Crippen molar-refractivity contribution in [3.8, 4) is 6.07 Å². The Labute approximate surface area is 133 Å². The summed E-state index contributed by atoms with van der Waals surface area (Å²) in [7, 11) is 0. The van der Waals surface area contributed by atoms with Crippen molar-refractivity contribution in [1.82, 2.24) is 9.88 Å². The van der Waals surface area contributed by atoms with Gasteiger partial charge in [-0.25, -0.2) is 13.8 Å². The van der Waals surface area contributed by atoms with Crippen molar-refractivity contribution in [3.05, 3.63) is 23.9 Å². The van der Waals surface area contributed by atoms with Crippen LogP contribution in [0, 0.1) is 17.2 Å². The number of amides is 1. The second-order valence-electron chi connectivity index (χ2n) is 6.13. The van der Waals surface area contributed by atoms with E-state index in [1.807, 2.05) is 4.90 Å². The maximum absolute atomic E-state index is 13.2. The van der Waals surface area contributed by atoms with Gasteiger partial charge in [0.2, 0.25) is 5.91 Å². The summed E-state index contributed by atoms with van der Waals surface area (Å²) in [6, 6.07) is 5.41. The summed E-state index contributed by atoms with van der Waals surface area (Å²) in [5.74, 6) is -2.18. The predicted molar refractivity (Wildman–Crippen MR) is 80.0 cm³/mol. The molecular weight excluding hydrogens is 302 g/mol. The standard InChI is InChI=1S/C16H18F2N4O/c17-16(18)3-7-21(8-4-16)15(23)13-2-6-22(11-13)14-9-12(10-19)1-5-20-14/h1,5,9,13H,2-4,6-8,11H2. The van der Waals surface area contributed by atoms with Crippen LogP contribution in [0.2, 0.25) is 0 Å². The van der Waals surface area contributed by atoms with Gasteiger partial charge in [0.25, 0.3) is 5.92 Å². The van der Waals surface area contributed by atoms with Gasteiger partial charge >= 0.3 is 0 Å². The van der Waals surface area contributed by atoms with Crippen LogP contribution in [0.1, 0.15) is 24.8 Å². The summed E-state index contributed by atoms with van der Waals surface area (Å²) in [5.41, 5.74) is 0.531. The van der Waals surface area contributed by atoms with E-state index in [1.165, 1.54) is 0 Å². The third-order valence-electron chi connectivity index (χ3n) is 4.54. The van der Waals surface area contributed by atoms with E-state index in [0.717, 1.165) is 0 Å². The summed E-state index contributed by atoms with van der Waals surface area (Å²) >= 11 is 0. The first kappa shape index (κ1) is 15.7. The molecule has 1 aromatic heterocycles. The fourth-order valence-corrected chi connectivity index (χ4v) is 3.14. The zero-order chi connectivity index (χ0) is 16.4. The molecule has 2 saturated heterocycles. The Morgan fingerprint density at radius 1 is 1.35 bits per heavy atom. The van der Waals surface area contributed by atoms with Crippen molar-refractivity contribution in [1.29, 1.82) is 5.26 Å². The first-order chi connectivity index (χ1) is 11.0. The highest BCUT2D eigenvalue weighted by Crippen LogP contribution is 2.30. The molecule has 5 nitrogen and oxygen atoms in total. The number of piperidine rings is 1. The van der Waals surface area contributed by atoms with Crippen LogP contribution in [-0.4, -0.2) is 47.9 Å². The first-order valence-electron chi connectivity index (χ1n) is 7.76. The van der Waals surface area contributed by atoms with Crippen molar-refractivity contribution in [3.63, 3.8) is 0 Å². The summed E-state index contributed by atoms with van der Waals surface area (Å²) in [6.07, 6.45) is 1.77. The summed E-state index contributed by atoms with van der Waals surface area (Å²) in [6.45, 7) is 1.46. The van der Waals surface area contributed by atoms with Gasteiger partial charge in [0.15, 0.2) is 0 Å². The Balaban J connectivity index is 1.61. The summed E-state index contributed by atoms with van der Waals surface area (Å²) in [5, 5.41) is 8.94. The quantitative estimate of drug-likeness (QED) is 0.837. The van der Waals surface area contributed by atoms with Crippen LogP contribution in [0.5, 0.6) is 0 Å². The molecule has 3 heterocycles. The fourth-order valence-electron chi connectivity index (χ4n) is 3.14. The lowest BCUT2D eigenvalue weighted by molar-refractivity contribution is -0.140. The minimum atomic E-state index is -2.64. The minimum Gasteiger partial charge on any atom is -0.356 e. The van der Waals surface area contributed by atoms with Gasteiger partial charge in [0, 0.05) is 45.2 Å². The van der Waals surface area contributed by atoms with Gasteiger partial charge in [-0.15, -0.1) is 0 Å². The number of pyridine rings is 1. The largest absolute Gasteiger partial charge is 0.356 e. The number of anilines is 1. The monoisotopic (exact) mass is 320 g/mol. The van der Waals surface area contributed by atoms with Crippen LogP contribution in [0.4, 0.5) is 14.6 Å². The Morgan fingerprint density at radius 2 is 2.09 bits per heavy atom. The lowest BCUT2D eigenvalue weighted by atomic mass is 10.0. The van der Waals surface area contributed by atoms with Crippen molar-refractivity contribution < 1.29 is 13.6 Å². The number of carbonyl (C=O) groups excluding carboxylic acids is 1. The van der Waals surface area contributed by atoms with E-state index in [9.17, 15) is 13.6 Å².